The summed E-state index contributed by atoms with van der Waals surface area (Å²) in [7, 11) is 1.79. The Bertz CT molecular complexity index is 585. The summed E-state index contributed by atoms with van der Waals surface area (Å²) in [6.07, 6.45) is 0.837. The van der Waals surface area contributed by atoms with Crippen molar-refractivity contribution in [3.63, 3.8) is 0 Å². The molecular formula is C18H27N3O2. The zero-order valence-electron chi connectivity index (χ0n) is 14.7. The fraction of sp³-hybridized carbons (Fsp3) is 0.556. The lowest BCUT2D eigenvalue weighted by molar-refractivity contribution is -0.122. The van der Waals surface area contributed by atoms with Crippen LogP contribution in [0.25, 0.3) is 0 Å². The summed E-state index contributed by atoms with van der Waals surface area (Å²) in [6, 6.07) is 7.21. The standard InChI is InChI=1S/C18H27N3O2/c1-6-13(4)16-17(22)19-15-10-8-7-9-14(15)11-21(16)18(23)20(5)12(2)3/h7-10,12-13,16H,6,11H2,1-5H3,(H,19,22)/t13-,16-/m0/s1. The zero-order valence-corrected chi connectivity index (χ0v) is 14.7. The summed E-state index contributed by atoms with van der Waals surface area (Å²) >= 11 is 0. The van der Waals surface area contributed by atoms with Crippen LogP contribution in [0.1, 0.15) is 39.7 Å². The first-order valence-electron chi connectivity index (χ1n) is 8.29. The SMILES string of the molecule is CC[C@H](C)[C@H]1C(=O)Nc2ccccc2CN1C(=O)N(C)C(C)C. The average molecular weight is 317 g/mol. The topological polar surface area (TPSA) is 52.7 Å². The van der Waals surface area contributed by atoms with Crippen LogP contribution in [-0.2, 0) is 11.3 Å². The van der Waals surface area contributed by atoms with E-state index in [2.05, 4.69) is 5.32 Å². The number of amides is 3. The van der Waals surface area contributed by atoms with E-state index in [1.165, 1.54) is 0 Å². The molecule has 1 aromatic rings. The molecule has 1 aliphatic rings. The number of hydrogen-bond acceptors (Lipinski definition) is 2. The van der Waals surface area contributed by atoms with Crippen molar-refractivity contribution in [1.82, 2.24) is 9.80 Å². The van der Waals surface area contributed by atoms with Crippen molar-refractivity contribution in [2.75, 3.05) is 12.4 Å². The van der Waals surface area contributed by atoms with Crippen LogP contribution in [0.3, 0.4) is 0 Å². The van der Waals surface area contributed by atoms with E-state index in [1.54, 1.807) is 16.8 Å². The van der Waals surface area contributed by atoms with Gasteiger partial charge in [0.1, 0.15) is 6.04 Å². The number of benzene rings is 1. The second kappa shape index (κ2) is 7.02. The summed E-state index contributed by atoms with van der Waals surface area (Å²) in [4.78, 5) is 29.1. The molecule has 0 radical (unpaired) electrons. The van der Waals surface area contributed by atoms with Gasteiger partial charge < -0.3 is 15.1 Å². The van der Waals surface area contributed by atoms with Crippen LogP contribution in [0.15, 0.2) is 24.3 Å². The average Bonchev–Trinajstić information content (AvgIpc) is 2.68. The van der Waals surface area contributed by atoms with Gasteiger partial charge in [-0.15, -0.1) is 0 Å². The maximum Gasteiger partial charge on any atom is 0.320 e. The normalized spacial score (nSPS) is 19.0. The largest absolute Gasteiger partial charge is 0.325 e. The first-order valence-corrected chi connectivity index (χ1v) is 8.29. The smallest absolute Gasteiger partial charge is 0.320 e. The maximum atomic E-state index is 13.0. The predicted octanol–water partition coefficient (Wildman–Crippen LogP) is 3.32. The number of para-hydroxylation sites is 1. The second-order valence-electron chi connectivity index (χ2n) is 6.59. The van der Waals surface area contributed by atoms with Crippen LogP contribution >= 0.6 is 0 Å². The molecule has 1 aromatic carbocycles. The van der Waals surface area contributed by atoms with E-state index in [0.29, 0.717) is 6.54 Å². The van der Waals surface area contributed by atoms with E-state index < -0.39 is 6.04 Å². The Morgan fingerprint density at radius 3 is 2.61 bits per heavy atom. The highest BCUT2D eigenvalue weighted by Crippen LogP contribution is 2.28. The van der Waals surface area contributed by atoms with Crippen molar-refractivity contribution in [2.45, 2.75) is 52.7 Å². The molecule has 0 saturated heterocycles. The Balaban J connectivity index is 2.44. The summed E-state index contributed by atoms with van der Waals surface area (Å²) < 4.78 is 0. The van der Waals surface area contributed by atoms with Crippen LogP contribution < -0.4 is 5.32 Å². The number of anilines is 1. The Kier molecular flexibility index (Phi) is 5.29. The highest BCUT2D eigenvalue weighted by Gasteiger charge is 2.38. The van der Waals surface area contributed by atoms with Gasteiger partial charge in [-0.25, -0.2) is 4.79 Å². The molecule has 0 unspecified atom stereocenters. The van der Waals surface area contributed by atoms with Gasteiger partial charge in [-0.3, -0.25) is 4.79 Å². The van der Waals surface area contributed by atoms with Crippen molar-refractivity contribution in [1.29, 1.82) is 0 Å². The van der Waals surface area contributed by atoms with Gasteiger partial charge in [0.05, 0.1) is 6.54 Å². The van der Waals surface area contributed by atoms with Gasteiger partial charge in [0.15, 0.2) is 0 Å². The Hall–Kier alpha value is -2.04. The molecule has 0 aromatic heterocycles. The lowest BCUT2D eigenvalue weighted by Gasteiger charge is -2.36. The van der Waals surface area contributed by atoms with Crippen molar-refractivity contribution < 1.29 is 9.59 Å². The fourth-order valence-electron chi connectivity index (χ4n) is 2.81. The van der Waals surface area contributed by atoms with Gasteiger partial charge in [-0.1, -0.05) is 38.5 Å². The third kappa shape index (κ3) is 3.49. The molecule has 5 nitrogen and oxygen atoms in total. The fourth-order valence-corrected chi connectivity index (χ4v) is 2.81. The van der Waals surface area contributed by atoms with Gasteiger partial charge in [-0.05, 0) is 31.4 Å². The molecule has 2 atom stereocenters. The van der Waals surface area contributed by atoms with Gasteiger partial charge in [0.2, 0.25) is 5.91 Å². The number of nitrogens with one attached hydrogen (secondary N) is 1. The van der Waals surface area contributed by atoms with E-state index in [0.717, 1.165) is 17.7 Å². The van der Waals surface area contributed by atoms with E-state index in [9.17, 15) is 9.59 Å². The van der Waals surface area contributed by atoms with Crippen LogP contribution in [0.2, 0.25) is 0 Å². The first-order chi connectivity index (χ1) is 10.9. The summed E-state index contributed by atoms with van der Waals surface area (Å²) in [5.41, 5.74) is 1.77. The van der Waals surface area contributed by atoms with Crippen LogP contribution in [-0.4, -0.2) is 40.9 Å². The highest BCUT2D eigenvalue weighted by atomic mass is 16.2. The molecular weight excluding hydrogens is 290 g/mol. The molecule has 3 amide bonds. The molecule has 1 heterocycles. The third-order valence-corrected chi connectivity index (χ3v) is 4.73. The van der Waals surface area contributed by atoms with Crippen molar-refractivity contribution in [2.24, 2.45) is 5.92 Å². The molecule has 0 spiro atoms. The maximum absolute atomic E-state index is 13.0. The minimum absolute atomic E-state index is 0.0849. The Morgan fingerprint density at radius 1 is 1.35 bits per heavy atom. The molecule has 0 bridgehead atoms. The predicted molar refractivity (Wildman–Crippen MR) is 92.2 cm³/mol. The molecule has 5 heteroatoms. The van der Waals surface area contributed by atoms with Crippen molar-refractivity contribution in [3.8, 4) is 0 Å². The minimum atomic E-state index is -0.457. The van der Waals surface area contributed by atoms with E-state index in [-0.39, 0.29) is 23.9 Å². The molecule has 23 heavy (non-hydrogen) atoms. The number of hydrogen-bond donors (Lipinski definition) is 1. The Labute approximate surface area is 138 Å². The number of carbonyl (C=O) groups excluding carboxylic acids is 2. The van der Waals surface area contributed by atoms with Crippen LogP contribution in [0.5, 0.6) is 0 Å². The van der Waals surface area contributed by atoms with Crippen molar-refractivity contribution >= 4 is 17.6 Å². The quantitative estimate of drug-likeness (QED) is 0.930. The second-order valence-corrected chi connectivity index (χ2v) is 6.59. The molecule has 0 fully saturated rings. The first kappa shape index (κ1) is 17.3. The lowest BCUT2D eigenvalue weighted by Crippen LogP contribution is -2.53. The Morgan fingerprint density at radius 2 is 2.00 bits per heavy atom. The van der Waals surface area contributed by atoms with Crippen LogP contribution in [0, 0.1) is 5.92 Å². The number of rotatable bonds is 3. The van der Waals surface area contributed by atoms with E-state index >= 15 is 0 Å². The highest BCUT2D eigenvalue weighted by molar-refractivity contribution is 5.98. The number of urea groups is 1. The van der Waals surface area contributed by atoms with Gasteiger partial charge in [0, 0.05) is 18.8 Å². The monoisotopic (exact) mass is 317 g/mol. The summed E-state index contributed by atoms with van der Waals surface area (Å²) in [5, 5.41) is 2.99. The van der Waals surface area contributed by atoms with Crippen LogP contribution in [0.4, 0.5) is 10.5 Å². The molecule has 1 aliphatic heterocycles. The molecule has 126 valence electrons. The summed E-state index contributed by atoms with van der Waals surface area (Å²) in [5.74, 6) is -0.0105. The molecule has 0 saturated carbocycles. The zero-order chi connectivity index (χ0) is 17.1. The number of fused-ring (bicyclic) bond motifs is 1. The van der Waals surface area contributed by atoms with Crippen molar-refractivity contribution in [3.05, 3.63) is 29.8 Å². The van der Waals surface area contributed by atoms with E-state index in [4.69, 9.17) is 0 Å². The third-order valence-electron chi connectivity index (χ3n) is 4.73. The van der Waals surface area contributed by atoms with Gasteiger partial charge >= 0.3 is 6.03 Å². The van der Waals surface area contributed by atoms with Gasteiger partial charge in [0.25, 0.3) is 0 Å². The molecule has 0 aliphatic carbocycles. The number of nitrogens with zero attached hydrogens (tertiary/aromatic N) is 2. The minimum Gasteiger partial charge on any atom is -0.325 e. The molecule has 1 N–H and O–H groups in total. The number of carbonyl (C=O) groups is 2. The summed E-state index contributed by atoms with van der Waals surface area (Å²) in [6.45, 7) is 8.46. The van der Waals surface area contributed by atoms with E-state index in [1.807, 2.05) is 52.0 Å². The molecule has 2 rings (SSSR count). The van der Waals surface area contributed by atoms with Gasteiger partial charge in [-0.2, -0.15) is 0 Å². The lowest BCUT2D eigenvalue weighted by atomic mass is 9.97.